The van der Waals surface area contributed by atoms with Crippen molar-refractivity contribution in [2.24, 2.45) is 0 Å². The first-order valence-electron chi connectivity index (χ1n) is 9.10. The molecule has 3 rings (SSSR count). The number of nitrogens with one attached hydrogen (secondary N) is 1. The number of fused-ring (bicyclic) bond motifs is 1. The molecule has 0 atom stereocenters. The molecule has 1 aromatic heterocycles. The monoisotopic (exact) mass is 624 g/mol. The highest BCUT2D eigenvalue weighted by molar-refractivity contribution is 14.1. The Kier molecular flexibility index (Phi) is 7.02. The maximum absolute atomic E-state index is 14.5. The van der Waals surface area contributed by atoms with Gasteiger partial charge in [0.05, 0.1) is 5.69 Å². The number of pyridine rings is 1. The molecule has 0 unspecified atom stereocenters. The van der Waals surface area contributed by atoms with Gasteiger partial charge in [-0.05, 0) is 52.9 Å². The summed E-state index contributed by atoms with van der Waals surface area (Å²) < 4.78 is 123. The van der Waals surface area contributed by atoms with Gasteiger partial charge in [-0.1, -0.05) is 0 Å². The van der Waals surface area contributed by atoms with E-state index in [0.717, 1.165) is 34.9 Å². The topological polar surface area (TPSA) is 65.3 Å². The van der Waals surface area contributed by atoms with Gasteiger partial charge in [-0.15, -0.1) is 0 Å². The molecule has 1 amide bonds. The molecule has 0 radical (unpaired) electrons. The van der Waals surface area contributed by atoms with Gasteiger partial charge in [0.1, 0.15) is 0 Å². The van der Waals surface area contributed by atoms with E-state index < -0.39 is 51.1 Å². The normalized spacial score (nSPS) is 12.8. The van der Waals surface area contributed by atoms with Gasteiger partial charge in [-0.2, -0.15) is 39.9 Å². The van der Waals surface area contributed by atoms with Crippen molar-refractivity contribution in [2.75, 3.05) is 5.32 Å². The van der Waals surface area contributed by atoms with Crippen LogP contribution >= 0.6 is 22.6 Å². The number of anilines is 1. The van der Waals surface area contributed by atoms with Crippen LogP contribution in [0.1, 0.15) is 15.9 Å². The Labute approximate surface area is 203 Å². The van der Waals surface area contributed by atoms with E-state index in [9.17, 15) is 49.5 Å². The van der Waals surface area contributed by atoms with Gasteiger partial charge in [0, 0.05) is 32.2 Å². The summed E-state index contributed by atoms with van der Waals surface area (Å²) in [7, 11) is 0. The number of halogens is 10. The molecule has 0 fully saturated rings. The van der Waals surface area contributed by atoms with E-state index >= 15 is 0 Å². The van der Waals surface area contributed by atoms with E-state index in [1.165, 1.54) is 18.2 Å². The zero-order valence-corrected chi connectivity index (χ0v) is 18.8. The summed E-state index contributed by atoms with van der Waals surface area (Å²) in [6.07, 6.45) is -11.9. The second kappa shape index (κ2) is 9.23. The number of benzene rings is 2. The van der Waals surface area contributed by atoms with E-state index in [1.54, 1.807) is 6.07 Å². The number of hydrogen-bond donors (Lipinski definition) is 1. The number of nitrogens with zero attached hydrogens (tertiary/aromatic N) is 1. The molecule has 1 N–H and O–H groups in total. The Balaban J connectivity index is 2.10. The fraction of sp³-hybridized carbons (Fsp3) is 0.200. The van der Waals surface area contributed by atoms with E-state index in [0.29, 0.717) is 10.1 Å². The Hall–Kier alpha value is -2.98. The minimum absolute atomic E-state index is 0.0341. The first-order chi connectivity index (χ1) is 16.1. The third-order valence-corrected chi connectivity index (χ3v) is 5.57. The summed E-state index contributed by atoms with van der Waals surface area (Å²) in [5.74, 6) is -2.41. The molecular weight excluding hydrogens is 614 g/mol. The van der Waals surface area contributed by atoms with E-state index in [1.807, 2.05) is 5.32 Å². The summed E-state index contributed by atoms with van der Waals surface area (Å²) in [6.45, 7) is -3.75. The number of carbonyl (C=O) groups is 1. The lowest BCUT2D eigenvalue weighted by atomic mass is 9.93. The van der Waals surface area contributed by atoms with Crippen molar-refractivity contribution in [1.82, 2.24) is 0 Å². The number of carbonyl (C=O) groups excluding carboxylic acids is 1. The zero-order chi connectivity index (χ0) is 26.3. The zero-order valence-electron chi connectivity index (χ0n) is 16.6. The molecule has 0 bridgehead atoms. The Morgan fingerprint density at radius 3 is 2.20 bits per heavy atom. The van der Waals surface area contributed by atoms with Crippen molar-refractivity contribution in [3.05, 3.63) is 68.6 Å². The van der Waals surface area contributed by atoms with Crippen LogP contribution in [0.2, 0.25) is 0 Å². The van der Waals surface area contributed by atoms with Crippen LogP contribution < -0.4 is 14.8 Å². The summed E-state index contributed by atoms with van der Waals surface area (Å²) in [4.78, 5) is 12.7. The van der Waals surface area contributed by atoms with Gasteiger partial charge >= 0.3 is 24.6 Å². The third-order valence-electron chi connectivity index (χ3n) is 4.71. The van der Waals surface area contributed by atoms with Crippen LogP contribution in [0.15, 0.2) is 48.7 Å². The minimum atomic E-state index is -6.50. The second-order valence-corrected chi connectivity index (χ2v) is 8.09. The summed E-state index contributed by atoms with van der Waals surface area (Å²) in [5.41, 5.74) is -8.90. The Morgan fingerprint density at radius 2 is 1.63 bits per heavy atom. The highest BCUT2D eigenvalue weighted by atomic mass is 127. The molecule has 0 saturated heterocycles. The van der Waals surface area contributed by atoms with Gasteiger partial charge in [0.15, 0.2) is 11.9 Å². The molecule has 15 heteroatoms. The maximum Gasteiger partial charge on any atom is 0.435 e. The van der Waals surface area contributed by atoms with E-state index in [2.05, 4.69) is 4.74 Å². The molecule has 188 valence electrons. The van der Waals surface area contributed by atoms with Crippen molar-refractivity contribution >= 4 is 45.1 Å². The summed E-state index contributed by atoms with van der Waals surface area (Å²) in [6, 6.07) is 6.58. The highest BCUT2D eigenvalue weighted by Crippen LogP contribution is 2.54. The largest absolute Gasteiger partial charge is 0.618 e. The quantitative estimate of drug-likeness (QED) is 0.159. The predicted molar refractivity (Wildman–Crippen MR) is 112 cm³/mol. The van der Waals surface area contributed by atoms with Gasteiger partial charge < -0.3 is 15.3 Å². The first-order valence-corrected chi connectivity index (χ1v) is 10.2. The minimum Gasteiger partial charge on any atom is -0.618 e. The summed E-state index contributed by atoms with van der Waals surface area (Å²) in [5, 5.41) is 14.4. The van der Waals surface area contributed by atoms with Gasteiger partial charge in [-0.3, -0.25) is 4.79 Å². The number of hydrogen-bond acceptors (Lipinski definition) is 3. The number of ether oxygens (including phenoxy) is 1. The molecule has 0 spiro atoms. The molecule has 0 aliphatic heterocycles. The molecule has 2 aromatic carbocycles. The fourth-order valence-electron chi connectivity index (χ4n) is 3.09. The van der Waals surface area contributed by atoms with Gasteiger partial charge in [0.2, 0.25) is 5.52 Å². The Morgan fingerprint density at radius 1 is 1.00 bits per heavy atom. The van der Waals surface area contributed by atoms with Crippen molar-refractivity contribution in [3.8, 4) is 5.75 Å². The van der Waals surface area contributed by atoms with Crippen LogP contribution in [-0.4, -0.2) is 24.9 Å². The molecule has 1 heterocycles. The van der Waals surface area contributed by atoms with Crippen molar-refractivity contribution in [3.63, 3.8) is 0 Å². The number of amides is 1. The van der Waals surface area contributed by atoms with Crippen LogP contribution in [0.4, 0.5) is 45.2 Å². The van der Waals surface area contributed by atoms with Gasteiger partial charge in [0.25, 0.3) is 5.91 Å². The van der Waals surface area contributed by atoms with E-state index in [4.69, 9.17) is 0 Å². The first kappa shape index (κ1) is 26.6. The molecule has 35 heavy (non-hydrogen) atoms. The standard InChI is InChI=1S/C20H10F9IN2O3/c21-17(22)35-14-8-11(18(23,19(24,25)26)20(27,28)29)7-12(30)15(14)31-16(33)10-4-3-9-2-1-5-32(34)13(9)6-10/h1-8,17H,(H,31,33). The van der Waals surface area contributed by atoms with Crippen molar-refractivity contribution in [1.29, 1.82) is 0 Å². The third kappa shape index (κ3) is 5.04. The average Bonchev–Trinajstić information content (AvgIpc) is 2.73. The van der Waals surface area contributed by atoms with Crippen LogP contribution in [-0.2, 0) is 5.67 Å². The fourth-order valence-corrected chi connectivity index (χ4v) is 3.82. The Bertz CT molecular complexity index is 1270. The molecule has 0 saturated carbocycles. The number of rotatable bonds is 5. The van der Waals surface area contributed by atoms with E-state index in [-0.39, 0.29) is 23.2 Å². The lowest BCUT2D eigenvalue weighted by Gasteiger charge is -2.31. The smallest absolute Gasteiger partial charge is 0.435 e. The van der Waals surface area contributed by atoms with Gasteiger partial charge in [-0.25, -0.2) is 4.39 Å². The highest BCUT2D eigenvalue weighted by Gasteiger charge is 2.73. The van der Waals surface area contributed by atoms with Crippen LogP contribution in [0, 0.1) is 8.78 Å². The van der Waals surface area contributed by atoms with Crippen LogP contribution in [0.25, 0.3) is 10.9 Å². The SMILES string of the molecule is O=C(Nc1c(I)cc(C(F)(C(F)(F)F)C(F)(F)F)cc1OC(F)F)c1ccc2ccc[n+]([O-])c2c1. The second-order valence-electron chi connectivity index (χ2n) is 6.93. The molecule has 3 aromatic rings. The molecule has 0 aliphatic carbocycles. The average molecular weight is 624 g/mol. The lowest BCUT2D eigenvalue weighted by molar-refractivity contribution is -0.577. The molecule has 0 aliphatic rings. The van der Waals surface area contributed by atoms with Crippen molar-refractivity contribution < 1.29 is 53.8 Å². The lowest BCUT2D eigenvalue weighted by Crippen LogP contribution is -2.50. The molecular formula is C20H10F9IN2O3. The molecule has 5 nitrogen and oxygen atoms in total. The summed E-state index contributed by atoms with van der Waals surface area (Å²) >= 11 is 1.13. The predicted octanol–water partition coefficient (Wildman–Crippen LogP) is 6.22. The maximum atomic E-state index is 14.5. The van der Waals surface area contributed by atoms with Crippen LogP contribution in [0.5, 0.6) is 5.75 Å². The number of aromatic nitrogens is 1. The van der Waals surface area contributed by atoms with Crippen molar-refractivity contribution in [2.45, 2.75) is 24.6 Å². The number of alkyl halides is 9. The van der Waals surface area contributed by atoms with Crippen LogP contribution in [0.3, 0.4) is 0 Å².